The lowest BCUT2D eigenvalue weighted by Crippen LogP contribution is -2.29. The smallest absolute Gasteiger partial charge is 0.340 e. The Balaban J connectivity index is 1.44. The molecule has 2 amide bonds. The van der Waals surface area contributed by atoms with Crippen LogP contribution in [0.25, 0.3) is 11.1 Å². The number of anilines is 1. The normalized spacial score (nSPS) is 10.4. The maximum absolute atomic E-state index is 12.1. The van der Waals surface area contributed by atoms with Gasteiger partial charge >= 0.3 is 5.97 Å². The number of carbonyl (C=O) groups is 3. The summed E-state index contributed by atoms with van der Waals surface area (Å²) >= 11 is 5.89. The van der Waals surface area contributed by atoms with Gasteiger partial charge < -0.3 is 24.5 Å². The molecule has 3 aromatic rings. The first kappa shape index (κ1) is 23.1. The van der Waals surface area contributed by atoms with Gasteiger partial charge in [-0.15, -0.1) is 0 Å². The molecule has 0 aliphatic rings. The molecular weight excluding hydrogens is 436 g/mol. The van der Waals surface area contributed by atoms with Gasteiger partial charge in [0.05, 0.1) is 30.9 Å². The van der Waals surface area contributed by atoms with Crippen LogP contribution >= 0.6 is 11.6 Å². The van der Waals surface area contributed by atoms with Gasteiger partial charge in [-0.25, -0.2) is 4.79 Å². The van der Waals surface area contributed by atoms with Gasteiger partial charge in [-0.05, 0) is 41.5 Å². The number of furan rings is 1. The molecule has 8 nitrogen and oxygen atoms in total. The minimum absolute atomic E-state index is 0.115. The number of benzene rings is 2. The first-order valence-electron chi connectivity index (χ1n) is 9.60. The maximum Gasteiger partial charge on any atom is 0.340 e. The monoisotopic (exact) mass is 456 g/mol. The van der Waals surface area contributed by atoms with Crippen molar-refractivity contribution in [2.24, 2.45) is 0 Å². The number of rotatable bonds is 9. The molecule has 0 fully saturated rings. The van der Waals surface area contributed by atoms with Gasteiger partial charge in [0.25, 0.3) is 0 Å². The van der Waals surface area contributed by atoms with E-state index in [2.05, 4.69) is 15.4 Å². The summed E-state index contributed by atoms with van der Waals surface area (Å²) in [6, 6.07) is 13.9. The molecule has 1 heterocycles. The predicted octanol–water partition coefficient (Wildman–Crippen LogP) is 3.66. The molecule has 0 aliphatic carbocycles. The van der Waals surface area contributed by atoms with E-state index in [4.69, 9.17) is 20.8 Å². The van der Waals surface area contributed by atoms with Crippen LogP contribution in [0.3, 0.4) is 0 Å². The second kappa shape index (κ2) is 11.1. The molecule has 0 saturated heterocycles. The van der Waals surface area contributed by atoms with Crippen molar-refractivity contribution in [2.45, 2.75) is 6.54 Å². The van der Waals surface area contributed by atoms with Crippen LogP contribution in [0, 0.1) is 0 Å². The van der Waals surface area contributed by atoms with Crippen molar-refractivity contribution in [2.75, 3.05) is 25.6 Å². The maximum atomic E-state index is 12.1. The van der Waals surface area contributed by atoms with E-state index in [1.165, 1.54) is 25.3 Å². The van der Waals surface area contributed by atoms with Crippen molar-refractivity contribution in [3.63, 3.8) is 0 Å². The number of halogens is 1. The van der Waals surface area contributed by atoms with Crippen molar-refractivity contribution in [3.05, 3.63) is 77.2 Å². The first-order chi connectivity index (χ1) is 15.5. The van der Waals surface area contributed by atoms with Gasteiger partial charge in [0.2, 0.25) is 11.8 Å². The van der Waals surface area contributed by atoms with Gasteiger partial charge in [-0.1, -0.05) is 29.8 Å². The van der Waals surface area contributed by atoms with Gasteiger partial charge in [0.15, 0.2) is 0 Å². The van der Waals surface area contributed by atoms with E-state index in [0.717, 1.165) is 16.7 Å². The van der Waals surface area contributed by atoms with Crippen LogP contribution in [0.1, 0.15) is 15.9 Å². The average molecular weight is 457 g/mol. The Kier molecular flexibility index (Phi) is 8.02. The summed E-state index contributed by atoms with van der Waals surface area (Å²) in [6.45, 7) is -0.348. The summed E-state index contributed by atoms with van der Waals surface area (Å²) in [5.74, 6) is -1.54. The number of ether oxygens (including phenoxy) is 2. The molecule has 0 saturated carbocycles. The van der Waals surface area contributed by atoms with E-state index in [-0.39, 0.29) is 30.4 Å². The molecule has 0 unspecified atom stereocenters. The van der Waals surface area contributed by atoms with Crippen LogP contribution in [0.4, 0.5) is 5.69 Å². The Bertz CT molecular complexity index is 1100. The molecule has 0 aliphatic heterocycles. The summed E-state index contributed by atoms with van der Waals surface area (Å²) < 4.78 is 14.9. The Hall–Kier alpha value is -3.62. The fourth-order valence-electron chi connectivity index (χ4n) is 2.87. The number of esters is 1. The fourth-order valence-corrected chi connectivity index (χ4v) is 3.04. The molecule has 0 radical (unpaired) electrons. The standard InChI is InChI=1S/C23H21ClN2O6/c1-30-23(29)19-10-18(24)5-6-20(19)26-22(28)14-32-13-21(27)25-11-15-3-2-4-16(9-15)17-7-8-31-12-17/h2-10,12H,11,13-14H2,1H3,(H,25,27)(H,26,28). The lowest BCUT2D eigenvalue weighted by molar-refractivity contribution is -0.128. The summed E-state index contributed by atoms with van der Waals surface area (Å²) in [7, 11) is 1.23. The molecular formula is C23H21ClN2O6. The highest BCUT2D eigenvalue weighted by molar-refractivity contribution is 6.31. The molecule has 0 spiro atoms. The second-order valence-corrected chi connectivity index (χ2v) is 7.15. The lowest BCUT2D eigenvalue weighted by atomic mass is 10.1. The van der Waals surface area contributed by atoms with E-state index in [1.807, 2.05) is 30.3 Å². The fraction of sp³-hybridized carbons (Fsp3) is 0.174. The van der Waals surface area contributed by atoms with Crippen molar-refractivity contribution < 1.29 is 28.3 Å². The van der Waals surface area contributed by atoms with E-state index in [9.17, 15) is 14.4 Å². The second-order valence-electron chi connectivity index (χ2n) is 6.71. The predicted molar refractivity (Wildman–Crippen MR) is 118 cm³/mol. The highest BCUT2D eigenvalue weighted by atomic mass is 35.5. The van der Waals surface area contributed by atoms with Crippen LogP contribution in [0.15, 0.2) is 65.5 Å². The lowest BCUT2D eigenvalue weighted by Gasteiger charge is -2.11. The van der Waals surface area contributed by atoms with E-state index in [0.29, 0.717) is 11.6 Å². The number of hydrogen-bond donors (Lipinski definition) is 2. The molecule has 2 aromatic carbocycles. The Morgan fingerprint density at radius 2 is 1.81 bits per heavy atom. The minimum atomic E-state index is -0.639. The third kappa shape index (κ3) is 6.44. The summed E-state index contributed by atoms with van der Waals surface area (Å²) in [6.07, 6.45) is 3.25. The van der Waals surface area contributed by atoms with Gasteiger partial charge in [-0.2, -0.15) is 0 Å². The summed E-state index contributed by atoms with van der Waals surface area (Å²) in [4.78, 5) is 36.0. The molecule has 3 rings (SSSR count). The molecule has 9 heteroatoms. The number of methoxy groups -OCH3 is 1. The van der Waals surface area contributed by atoms with Crippen LogP contribution < -0.4 is 10.6 Å². The van der Waals surface area contributed by atoms with Crippen molar-refractivity contribution in [3.8, 4) is 11.1 Å². The highest BCUT2D eigenvalue weighted by Gasteiger charge is 2.15. The zero-order valence-electron chi connectivity index (χ0n) is 17.2. The molecule has 2 N–H and O–H groups in total. The average Bonchev–Trinajstić information content (AvgIpc) is 3.33. The summed E-state index contributed by atoms with van der Waals surface area (Å²) in [5.41, 5.74) is 3.18. The molecule has 0 bridgehead atoms. The molecule has 1 aromatic heterocycles. The number of nitrogens with one attached hydrogen (secondary N) is 2. The van der Waals surface area contributed by atoms with Gasteiger partial charge in [-0.3, -0.25) is 9.59 Å². The van der Waals surface area contributed by atoms with Crippen molar-refractivity contribution in [1.29, 1.82) is 0 Å². The van der Waals surface area contributed by atoms with E-state index >= 15 is 0 Å². The number of carbonyl (C=O) groups excluding carboxylic acids is 3. The van der Waals surface area contributed by atoms with Crippen LogP contribution in [0.2, 0.25) is 5.02 Å². The van der Waals surface area contributed by atoms with Gasteiger partial charge in [0.1, 0.15) is 13.2 Å². The van der Waals surface area contributed by atoms with Crippen LogP contribution in [-0.2, 0) is 25.6 Å². The van der Waals surface area contributed by atoms with Crippen LogP contribution in [0.5, 0.6) is 0 Å². The first-order valence-corrected chi connectivity index (χ1v) is 9.97. The molecule has 32 heavy (non-hydrogen) atoms. The van der Waals surface area contributed by atoms with Crippen molar-refractivity contribution in [1.82, 2.24) is 5.32 Å². The summed E-state index contributed by atoms with van der Waals surface area (Å²) in [5, 5.41) is 5.60. The Morgan fingerprint density at radius 1 is 1.00 bits per heavy atom. The largest absolute Gasteiger partial charge is 0.472 e. The zero-order valence-corrected chi connectivity index (χ0v) is 18.0. The quantitative estimate of drug-likeness (QED) is 0.476. The topological polar surface area (TPSA) is 107 Å². The van der Waals surface area contributed by atoms with Crippen molar-refractivity contribution >= 4 is 35.1 Å². The zero-order chi connectivity index (χ0) is 22.9. The SMILES string of the molecule is COC(=O)c1cc(Cl)ccc1NC(=O)COCC(=O)NCc1cccc(-c2ccoc2)c1. The Labute approximate surface area is 189 Å². The Morgan fingerprint density at radius 3 is 2.56 bits per heavy atom. The molecule has 166 valence electrons. The number of amides is 2. The minimum Gasteiger partial charge on any atom is -0.472 e. The van der Waals surface area contributed by atoms with E-state index < -0.39 is 11.9 Å². The van der Waals surface area contributed by atoms with E-state index in [1.54, 1.807) is 12.5 Å². The molecule has 0 atom stereocenters. The highest BCUT2D eigenvalue weighted by Crippen LogP contribution is 2.22. The third-order valence-electron chi connectivity index (χ3n) is 4.40. The third-order valence-corrected chi connectivity index (χ3v) is 4.63. The van der Waals surface area contributed by atoms with Crippen LogP contribution in [-0.4, -0.2) is 38.1 Å². The van der Waals surface area contributed by atoms with Gasteiger partial charge in [0, 0.05) is 17.1 Å². The number of hydrogen-bond acceptors (Lipinski definition) is 6.